The van der Waals surface area contributed by atoms with E-state index in [1.807, 2.05) is 12.1 Å². The van der Waals surface area contributed by atoms with Crippen molar-refractivity contribution in [3.05, 3.63) is 58.3 Å². The molecule has 0 aliphatic heterocycles. The van der Waals surface area contributed by atoms with E-state index in [2.05, 4.69) is 4.98 Å². The maximum atomic E-state index is 10.5. The zero-order chi connectivity index (χ0) is 13.0. The molecule has 0 bridgehead atoms. The fraction of sp³-hybridized carbons (Fsp3) is 0.0833. The first-order valence-corrected chi connectivity index (χ1v) is 6.22. The second-order valence-corrected chi connectivity index (χ2v) is 4.64. The summed E-state index contributed by atoms with van der Waals surface area (Å²) in [4.78, 5) is 15.2. The van der Waals surface area contributed by atoms with Crippen molar-refractivity contribution in [1.29, 1.82) is 0 Å². The number of thioether (sulfide) groups is 1. The number of hydrogen-bond acceptors (Lipinski definition) is 5. The number of aromatic nitrogens is 1. The van der Waals surface area contributed by atoms with Gasteiger partial charge in [-0.2, -0.15) is 0 Å². The molecule has 0 fully saturated rings. The summed E-state index contributed by atoms with van der Waals surface area (Å²) in [6, 6.07) is 11.9. The van der Waals surface area contributed by atoms with Gasteiger partial charge in [0, 0.05) is 22.8 Å². The first-order valence-electron chi connectivity index (χ1n) is 5.24. The van der Waals surface area contributed by atoms with Crippen LogP contribution in [0.5, 0.6) is 0 Å². The number of nitro benzene ring substituents is 1. The molecule has 0 atom stereocenters. The lowest BCUT2D eigenvalue weighted by Gasteiger charge is -2.02. The number of rotatable bonds is 4. The minimum atomic E-state index is -0.409. The van der Waals surface area contributed by atoms with E-state index in [0.717, 1.165) is 10.6 Å². The molecule has 0 amide bonds. The quantitative estimate of drug-likeness (QED) is 0.520. The topological polar surface area (TPSA) is 82.0 Å². The summed E-state index contributed by atoms with van der Waals surface area (Å²) in [5, 5.41) is 10.5. The van der Waals surface area contributed by atoms with Crippen LogP contribution in [-0.4, -0.2) is 9.91 Å². The molecule has 0 unspecified atom stereocenters. The average molecular weight is 261 g/mol. The summed E-state index contributed by atoms with van der Waals surface area (Å²) in [5.74, 6) is 1.18. The van der Waals surface area contributed by atoms with Gasteiger partial charge in [0.2, 0.25) is 0 Å². The number of hydrogen-bond donors (Lipinski definition) is 1. The van der Waals surface area contributed by atoms with Gasteiger partial charge in [0.15, 0.2) is 0 Å². The molecule has 1 aromatic heterocycles. The lowest BCUT2D eigenvalue weighted by molar-refractivity contribution is -0.384. The van der Waals surface area contributed by atoms with Gasteiger partial charge in [-0.25, -0.2) is 4.98 Å². The lowest BCUT2D eigenvalue weighted by Crippen LogP contribution is -1.93. The van der Waals surface area contributed by atoms with E-state index in [9.17, 15) is 10.1 Å². The van der Waals surface area contributed by atoms with Gasteiger partial charge in [-0.3, -0.25) is 10.1 Å². The Kier molecular flexibility index (Phi) is 3.78. The number of anilines is 1. The van der Waals surface area contributed by atoms with Gasteiger partial charge in [-0.05, 0) is 24.3 Å². The molecule has 6 heteroatoms. The molecule has 0 saturated heterocycles. The van der Waals surface area contributed by atoms with E-state index in [4.69, 9.17) is 5.73 Å². The van der Waals surface area contributed by atoms with Crippen molar-refractivity contribution in [3.8, 4) is 0 Å². The van der Waals surface area contributed by atoms with E-state index in [1.54, 1.807) is 30.0 Å². The highest BCUT2D eigenvalue weighted by atomic mass is 32.2. The van der Waals surface area contributed by atoms with Gasteiger partial charge in [0.25, 0.3) is 5.69 Å². The van der Waals surface area contributed by atoms with Crippen molar-refractivity contribution < 1.29 is 4.92 Å². The Hall–Kier alpha value is -2.08. The highest BCUT2D eigenvalue weighted by molar-refractivity contribution is 7.98. The van der Waals surface area contributed by atoms with Crippen LogP contribution in [0, 0.1) is 10.1 Å². The molecule has 2 aromatic rings. The van der Waals surface area contributed by atoms with Crippen LogP contribution >= 0.6 is 11.8 Å². The Morgan fingerprint density at radius 2 is 1.94 bits per heavy atom. The van der Waals surface area contributed by atoms with E-state index < -0.39 is 4.92 Å². The molecule has 0 aliphatic carbocycles. The van der Waals surface area contributed by atoms with Crippen molar-refractivity contribution in [2.45, 2.75) is 10.6 Å². The van der Waals surface area contributed by atoms with E-state index >= 15 is 0 Å². The number of nitrogens with zero attached hydrogens (tertiary/aromatic N) is 2. The van der Waals surface area contributed by atoms with Crippen LogP contribution in [0.25, 0.3) is 0 Å². The standard InChI is InChI=1S/C12H11N3O2S/c13-12-3-1-2-9(14-12)8-18-11-6-4-10(5-7-11)15(16)17/h1-7H,8H2,(H2,13,14). The van der Waals surface area contributed by atoms with Crippen molar-refractivity contribution in [2.24, 2.45) is 0 Å². The molecule has 1 heterocycles. The first kappa shape index (κ1) is 12.4. The van der Waals surface area contributed by atoms with Crippen molar-refractivity contribution in [3.63, 3.8) is 0 Å². The zero-order valence-corrected chi connectivity index (χ0v) is 10.3. The highest BCUT2D eigenvalue weighted by Gasteiger charge is 2.04. The normalized spacial score (nSPS) is 10.2. The van der Waals surface area contributed by atoms with Crippen LogP contribution in [-0.2, 0) is 5.75 Å². The molecule has 5 nitrogen and oxygen atoms in total. The van der Waals surface area contributed by atoms with Crippen molar-refractivity contribution in [1.82, 2.24) is 4.98 Å². The van der Waals surface area contributed by atoms with Crippen molar-refractivity contribution >= 4 is 23.3 Å². The third-order valence-corrected chi connectivity index (χ3v) is 3.31. The van der Waals surface area contributed by atoms with Gasteiger partial charge in [0.1, 0.15) is 5.82 Å². The Balaban J connectivity index is 2.00. The maximum absolute atomic E-state index is 10.5. The second kappa shape index (κ2) is 5.50. The fourth-order valence-corrected chi connectivity index (χ4v) is 2.20. The second-order valence-electron chi connectivity index (χ2n) is 3.59. The van der Waals surface area contributed by atoms with Crippen LogP contribution in [0.4, 0.5) is 11.5 Å². The SMILES string of the molecule is Nc1cccc(CSc2ccc([N+](=O)[O-])cc2)n1. The fourth-order valence-electron chi connectivity index (χ4n) is 1.40. The lowest BCUT2D eigenvalue weighted by atomic mass is 10.3. The minimum absolute atomic E-state index is 0.0985. The third kappa shape index (κ3) is 3.21. The van der Waals surface area contributed by atoms with Crippen LogP contribution in [0.1, 0.15) is 5.69 Å². The predicted octanol–water partition coefficient (Wildman–Crippen LogP) is 2.86. The summed E-state index contributed by atoms with van der Waals surface area (Å²) >= 11 is 1.56. The summed E-state index contributed by atoms with van der Waals surface area (Å²) in [6.45, 7) is 0. The summed E-state index contributed by atoms with van der Waals surface area (Å²) < 4.78 is 0. The number of pyridine rings is 1. The molecule has 0 saturated carbocycles. The number of nitrogen functional groups attached to an aromatic ring is 1. The molecule has 2 N–H and O–H groups in total. The van der Waals surface area contributed by atoms with Crippen LogP contribution in [0.3, 0.4) is 0 Å². The van der Waals surface area contributed by atoms with Gasteiger partial charge in [-0.1, -0.05) is 6.07 Å². The predicted molar refractivity (Wildman–Crippen MR) is 71.3 cm³/mol. The van der Waals surface area contributed by atoms with E-state index in [-0.39, 0.29) is 5.69 Å². The zero-order valence-electron chi connectivity index (χ0n) is 9.45. The Morgan fingerprint density at radius 3 is 2.56 bits per heavy atom. The highest BCUT2D eigenvalue weighted by Crippen LogP contribution is 2.24. The Bertz CT molecular complexity index is 558. The molecular formula is C12H11N3O2S. The van der Waals surface area contributed by atoms with Crippen LogP contribution in [0.15, 0.2) is 47.4 Å². The third-order valence-electron chi connectivity index (χ3n) is 2.26. The average Bonchev–Trinajstić information content (AvgIpc) is 2.37. The smallest absolute Gasteiger partial charge is 0.269 e. The van der Waals surface area contributed by atoms with Gasteiger partial charge in [-0.15, -0.1) is 11.8 Å². The molecule has 0 spiro atoms. The van der Waals surface area contributed by atoms with Crippen LogP contribution in [0.2, 0.25) is 0 Å². The Morgan fingerprint density at radius 1 is 1.22 bits per heavy atom. The minimum Gasteiger partial charge on any atom is -0.384 e. The van der Waals surface area contributed by atoms with Gasteiger partial charge in [0.05, 0.1) is 10.6 Å². The molecule has 2 rings (SSSR count). The Labute approximate surface area is 108 Å². The molecule has 92 valence electrons. The number of non-ortho nitro benzene ring substituents is 1. The van der Waals surface area contributed by atoms with Gasteiger partial charge >= 0.3 is 0 Å². The molecule has 18 heavy (non-hydrogen) atoms. The summed E-state index contributed by atoms with van der Waals surface area (Å²) in [7, 11) is 0. The largest absolute Gasteiger partial charge is 0.384 e. The van der Waals surface area contributed by atoms with E-state index in [1.165, 1.54) is 12.1 Å². The number of nitro groups is 1. The summed E-state index contributed by atoms with van der Waals surface area (Å²) in [6.07, 6.45) is 0. The van der Waals surface area contributed by atoms with Crippen LogP contribution < -0.4 is 5.73 Å². The summed E-state index contributed by atoms with van der Waals surface area (Å²) in [5.41, 5.74) is 6.57. The molecule has 0 aliphatic rings. The molecule has 1 aromatic carbocycles. The number of benzene rings is 1. The molecular weight excluding hydrogens is 250 g/mol. The first-order chi connectivity index (χ1) is 8.65. The molecule has 0 radical (unpaired) electrons. The van der Waals surface area contributed by atoms with E-state index in [0.29, 0.717) is 11.6 Å². The monoisotopic (exact) mass is 261 g/mol. The van der Waals surface area contributed by atoms with Gasteiger partial charge < -0.3 is 5.73 Å². The number of nitrogens with two attached hydrogens (primary N) is 1. The van der Waals surface area contributed by atoms with Crippen molar-refractivity contribution in [2.75, 3.05) is 5.73 Å². The maximum Gasteiger partial charge on any atom is 0.269 e.